The number of benzene rings is 2. The average molecular weight is 434 g/mol. The van der Waals surface area contributed by atoms with Crippen LogP contribution in [0.25, 0.3) is 11.1 Å². The van der Waals surface area contributed by atoms with Crippen molar-refractivity contribution in [3.05, 3.63) is 48.3 Å². The Balaban J connectivity index is 1.33. The third-order valence-electron chi connectivity index (χ3n) is 5.24. The molecule has 3 aromatic rings. The highest BCUT2D eigenvalue weighted by atomic mass is 32.2. The minimum Gasteiger partial charge on any atom is -0.491 e. The maximum atomic E-state index is 14.0. The van der Waals surface area contributed by atoms with Crippen molar-refractivity contribution in [1.29, 1.82) is 0 Å². The monoisotopic (exact) mass is 433 g/mol. The number of rotatable bonds is 7. The van der Waals surface area contributed by atoms with Gasteiger partial charge in [0, 0.05) is 19.6 Å². The number of anilines is 1. The van der Waals surface area contributed by atoms with E-state index in [4.69, 9.17) is 9.15 Å². The molecule has 9 heteroatoms. The molecule has 0 saturated carbocycles. The number of aromatic nitrogens is 1. The first-order chi connectivity index (χ1) is 14.5. The fraction of sp³-hybridized carbons (Fsp3) is 0.381. The fourth-order valence-electron chi connectivity index (χ4n) is 3.56. The molecule has 0 radical (unpaired) electrons. The predicted molar refractivity (Wildman–Crippen MR) is 112 cm³/mol. The van der Waals surface area contributed by atoms with Gasteiger partial charge in [-0.05, 0) is 56.0 Å². The van der Waals surface area contributed by atoms with E-state index in [1.54, 1.807) is 6.92 Å². The van der Waals surface area contributed by atoms with Crippen LogP contribution in [0.2, 0.25) is 0 Å². The van der Waals surface area contributed by atoms with E-state index in [1.165, 1.54) is 12.1 Å². The Morgan fingerprint density at radius 1 is 1.23 bits per heavy atom. The second kappa shape index (κ2) is 8.61. The fourth-order valence-corrected chi connectivity index (χ4v) is 4.68. The summed E-state index contributed by atoms with van der Waals surface area (Å²) in [6, 6.07) is 11.9. The van der Waals surface area contributed by atoms with Crippen LogP contribution in [0.3, 0.4) is 0 Å². The quantitative estimate of drug-likeness (QED) is 0.613. The Labute approximate surface area is 174 Å². The van der Waals surface area contributed by atoms with Crippen molar-refractivity contribution in [2.24, 2.45) is 5.92 Å². The van der Waals surface area contributed by atoms with Gasteiger partial charge in [-0.1, -0.05) is 12.1 Å². The third kappa shape index (κ3) is 4.41. The van der Waals surface area contributed by atoms with Crippen LogP contribution in [0.1, 0.15) is 19.8 Å². The van der Waals surface area contributed by atoms with Crippen LogP contribution >= 0.6 is 0 Å². The van der Waals surface area contributed by atoms with E-state index < -0.39 is 15.8 Å². The summed E-state index contributed by atoms with van der Waals surface area (Å²) in [5.74, 6) is -0.456. The summed E-state index contributed by atoms with van der Waals surface area (Å²) in [5, 5.41) is 0. The van der Waals surface area contributed by atoms with Gasteiger partial charge in [0.2, 0.25) is 10.0 Å². The van der Waals surface area contributed by atoms with Crippen molar-refractivity contribution in [2.75, 3.05) is 31.1 Å². The number of piperidine rings is 1. The molecule has 1 fully saturated rings. The van der Waals surface area contributed by atoms with Gasteiger partial charge in [-0.2, -0.15) is 4.98 Å². The second-order valence-corrected chi connectivity index (χ2v) is 9.04. The van der Waals surface area contributed by atoms with Gasteiger partial charge in [0.05, 0.1) is 11.5 Å². The Kier molecular flexibility index (Phi) is 5.92. The van der Waals surface area contributed by atoms with E-state index in [1.807, 2.05) is 24.3 Å². The van der Waals surface area contributed by atoms with Crippen molar-refractivity contribution in [2.45, 2.75) is 24.7 Å². The van der Waals surface area contributed by atoms with Crippen LogP contribution in [0.4, 0.5) is 10.4 Å². The van der Waals surface area contributed by atoms with E-state index in [0.717, 1.165) is 43.1 Å². The molecule has 0 spiro atoms. The molecule has 4 rings (SSSR count). The summed E-state index contributed by atoms with van der Waals surface area (Å²) in [6.07, 6.45) is 1.61. The zero-order chi connectivity index (χ0) is 21.1. The molecular formula is C21H24FN3O4S. The molecule has 7 nitrogen and oxygen atoms in total. The highest BCUT2D eigenvalue weighted by molar-refractivity contribution is 7.89. The highest BCUT2D eigenvalue weighted by Crippen LogP contribution is 2.26. The van der Waals surface area contributed by atoms with Crippen LogP contribution < -0.4 is 14.4 Å². The van der Waals surface area contributed by atoms with Gasteiger partial charge in [-0.3, -0.25) is 0 Å². The summed E-state index contributed by atoms with van der Waals surface area (Å²) in [4.78, 5) is 6.49. The number of nitrogens with zero attached hydrogens (tertiary/aromatic N) is 2. The smallest absolute Gasteiger partial charge is 0.298 e. The zero-order valence-electron chi connectivity index (χ0n) is 16.7. The Hall–Kier alpha value is -2.65. The van der Waals surface area contributed by atoms with Crippen LogP contribution in [0.5, 0.6) is 5.75 Å². The number of para-hydroxylation sites is 2. The average Bonchev–Trinajstić information content (AvgIpc) is 3.18. The summed E-state index contributed by atoms with van der Waals surface area (Å²) in [7, 11) is -3.79. The lowest BCUT2D eigenvalue weighted by Gasteiger charge is -2.30. The SMILES string of the molecule is CCOc1ccc(S(=O)(=O)NCC2CCN(c3nc4ccccc4o3)CC2)cc1F. The summed E-state index contributed by atoms with van der Waals surface area (Å²) in [5.41, 5.74) is 1.58. The molecule has 1 aliphatic heterocycles. The lowest BCUT2D eigenvalue weighted by molar-refractivity contribution is 0.321. The summed E-state index contributed by atoms with van der Waals surface area (Å²) < 4.78 is 52.6. The molecule has 1 aliphatic rings. The molecule has 160 valence electrons. The zero-order valence-corrected chi connectivity index (χ0v) is 17.5. The van der Waals surface area contributed by atoms with Crippen molar-refractivity contribution in [3.63, 3.8) is 0 Å². The van der Waals surface area contributed by atoms with Crippen LogP contribution in [0, 0.1) is 11.7 Å². The van der Waals surface area contributed by atoms with Gasteiger partial charge in [0.25, 0.3) is 6.01 Å². The number of sulfonamides is 1. The maximum absolute atomic E-state index is 14.0. The Bertz CT molecular complexity index is 1090. The number of fused-ring (bicyclic) bond motifs is 1. The molecule has 30 heavy (non-hydrogen) atoms. The number of halogens is 1. The molecule has 0 amide bonds. The summed E-state index contributed by atoms with van der Waals surface area (Å²) in [6.45, 7) is 3.82. The van der Waals surface area contributed by atoms with Crippen molar-refractivity contribution in [3.8, 4) is 5.75 Å². The number of hydrogen-bond donors (Lipinski definition) is 1. The number of oxazole rings is 1. The van der Waals surface area contributed by atoms with Crippen molar-refractivity contribution in [1.82, 2.24) is 9.71 Å². The normalized spacial score (nSPS) is 15.6. The van der Waals surface area contributed by atoms with E-state index in [2.05, 4.69) is 14.6 Å². The van der Waals surface area contributed by atoms with Gasteiger partial charge >= 0.3 is 0 Å². The van der Waals surface area contributed by atoms with Gasteiger partial charge < -0.3 is 14.1 Å². The molecule has 0 unspecified atom stereocenters. The summed E-state index contributed by atoms with van der Waals surface area (Å²) >= 11 is 0. The van der Waals surface area contributed by atoms with Crippen molar-refractivity contribution >= 4 is 27.1 Å². The largest absolute Gasteiger partial charge is 0.491 e. The van der Waals surface area contributed by atoms with Gasteiger partial charge in [-0.15, -0.1) is 0 Å². The maximum Gasteiger partial charge on any atom is 0.298 e. The van der Waals surface area contributed by atoms with Crippen LogP contribution in [-0.4, -0.2) is 39.6 Å². The molecule has 2 aromatic carbocycles. The van der Waals surface area contributed by atoms with Gasteiger partial charge in [-0.25, -0.2) is 17.5 Å². The lowest BCUT2D eigenvalue weighted by atomic mass is 9.97. The predicted octanol–water partition coefficient (Wildman–Crippen LogP) is 3.56. The first-order valence-electron chi connectivity index (χ1n) is 9.99. The molecule has 2 heterocycles. The van der Waals surface area contributed by atoms with Gasteiger partial charge in [0.1, 0.15) is 5.52 Å². The van der Waals surface area contributed by atoms with E-state index in [-0.39, 0.29) is 16.6 Å². The minimum atomic E-state index is -3.79. The molecule has 0 bridgehead atoms. The minimum absolute atomic E-state index is 0.0445. The molecule has 0 atom stereocenters. The van der Waals surface area contributed by atoms with E-state index in [9.17, 15) is 12.8 Å². The van der Waals surface area contributed by atoms with Crippen LogP contribution in [-0.2, 0) is 10.0 Å². The molecule has 1 N–H and O–H groups in total. The second-order valence-electron chi connectivity index (χ2n) is 7.27. The Morgan fingerprint density at radius 3 is 2.70 bits per heavy atom. The molecule has 1 saturated heterocycles. The lowest BCUT2D eigenvalue weighted by Crippen LogP contribution is -2.38. The van der Waals surface area contributed by atoms with Crippen LogP contribution in [0.15, 0.2) is 51.8 Å². The third-order valence-corrected chi connectivity index (χ3v) is 6.66. The standard InChI is InChI=1S/C21H24FN3O4S/c1-2-28-19-8-7-16(13-17(19)22)30(26,27)23-14-15-9-11-25(12-10-15)21-24-18-5-3-4-6-20(18)29-21/h3-8,13,15,23H,2,9-12,14H2,1H3. The van der Waals surface area contributed by atoms with E-state index in [0.29, 0.717) is 19.2 Å². The number of hydrogen-bond acceptors (Lipinski definition) is 6. The number of ether oxygens (including phenoxy) is 1. The first-order valence-corrected chi connectivity index (χ1v) is 11.5. The number of nitrogens with one attached hydrogen (secondary N) is 1. The molecule has 1 aromatic heterocycles. The van der Waals surface area contributed by atoms with E-state index >= 15 is 0 Å². The Morgan fingerprint density at radius 2 is 2.00 bits per heavy atom. The molecular weight excluding hydrogens is 409 g/mol. The topological polar surface area (TPSA) is 84.7 Å². The molecule has 0 aliphatic carbocycles. The van der Waals surface area contributed by atoms with Crippen molar-refractivity contribution < 1.29 is 22.0 Å². The highest BCUT2D eigenvalue weighted by Gasteiger charge is 2.25. The van der Waals surface area contributed by atoms with Gasteiger partial charge in [0.15, 0.2) is 17.1 Å². The first kappa shape index (κ1) is 20.6.